The largest absolute Gasteiger partial charge is 0.504 e. The zero-order valence-electron chi connectivity index (χ0n) is 17.6. The Labute approximate surface area is 176 Å². The molecule has 1 aromatic carbocycles. The Bertz CT molecular complexity index is 950. The fourth-order valence-corrected chi connectivity index (χ4v) is 5.64. The second-order valence-electron chi connectivity index (χ2n) is 8.34. The molecule has 0 saturated carbocycles. The molecule has 0 aromatic heterocycles. The fourth-order valence-electron chi connectivity index (χ4n) is 5.64. The van der Waals surface area contributed by atoms with E-state index in [1.54, 1.807) is 12.1 Å². The van der Waals surface area contributed by atoms with Crippen molar-refractivity contribution in [3.05, 3.63) is 41.2 Å². The molecule has 4 atom stereocenters. The molecule has 0 bridgehead atoms. The Hall–Kier alpha value is -2.85. The van der Waals surface area contributed by atoms with Crippen molar-refractivity contribution in [2.75, 3.05) is 32.6 Å². The van der Waals surface area contributed by atoms with E-state index in [2.05, 4.69) is 23.2 Å². The van der Waals surface area contributed by atoms with Gasteiger partial charge in [-0.25, -0.2) is 4.79 Å². The van der Waals surface area contributed by atoms with Crippen molar-refractivity contribution in [1.82, 2.24) is 4.90 Å². The van der Waals surface area contributed by atoms with Crippen LogP contribution in [0.3, 0.4) is 0 Å². The van der Waals surface area contributed by atoms with Crippen LogP contribution in [0.15, 0.2) is 30.0 Å². The predicted molar refractivity (Wildman–Crippen MR) is 111 cm³/mol. The summed E-state index contributed by atoms with van der Waals surface area (Å²) in [5.41, 5.74) is 1.40. The van der Waals surface area contributed by atoms with Crippen LogP contribution in [0, 0.1) is 23.2 Å². The summed E-state index contributed by atoms with van der Waals surface area (Å²) in [6, 6.07) is 7.45. The highest BCUT2D eigenvalue weighted by molar-refractivity contribution is 6.15. The topological polar surface area (TPSA) is 91.7 Å². The maximum atomic E-state index is 13.6. The molecule has 1 N–H and O–H groups in total. The maximum absolute atomic E-state index is 13.6. The number of esters is 1. The molecule has 1 aromatic rings. The number of rotatable bonds is 4. The first-order valence-corrected chi connectivity index (χ1v) is 10.4. The molecule has 1 spiro atoms. The molecule has 3 aliphatic heterocycles. The Balaban J connectivity index is 1.71. The lowest BCUT2D eigenvalue weighted by Crippen LogP contribution is -2.57. The number of anilines is 1. The van der Waals surface area contributed by atoms with Gasteiger partial charge in [0, 0.05) is 24.8 Å². The smallest absolute Gasteiger partial charge is 0.337 e. The standard InChI is InChI=1S/C23H27N3O4/c1-4-14-12-26-9-8-23(19(26)10-16(14)17(13-29-2)22(28)30-3)21(27)20-15(11-24)6-5-7-18(20)25-23/h5-7,13-14,16,19,25H,4,8-10,12H2,1-3H3/b17-13+/t14-,16+,19+,23+/m1/s1. The van der Waals surface area contributed by atoms with E-state index < -0.39 is 5.54 Å². The summed E-state index contributed by atoms with van der Waals surface area (Å²) in [4.78, 5) is 28.5. The lowest BCUT2D eigenvalue weighted by molar-refractivity contribution is -0.137. The molecule has 2 fully saturated rings. The molecule has 30 heavy (non-hydrogen) atoms. The summed E-state index contributed by atoms with van der Waals surface area (Å²) in [5.74, 6) is -0.189. The van der Waals surface area contributed by atoms with Gasteiger partial charge in [-0.2, -0.15) is 5.26 Å². The van der Waals surface area contributed by atoms with Gasteiger partial charge in [0.15, 0.2) is 5.78 Å². The van der Waals surface area contributed by atoms with Crippen LogP contribution < -0.4 is 5.32 Å². The lowest BCUT2D eigenvalue weighted by atomic mass is 9.72. The minimum atomic E-state index is -0.763. The highest BCUT2D eigenvalue weighted by Gasteiger charge is 2.59. The van der Waals surface area contributed by atoms with Crippen LogP contribution in [0.1, 0.15) is 42.1 Å². The summed E-state index contributed by atoms with van der Waals surface area (Å²) in [6.45, 7) is 3.74. The number of hydrogen-bond acceptors (Lipinski definition) is 7. The number of fused-ring (bicyclic) bond motifs is 3. The number of carbonyl (C=O) groups excluding carboxylic acids is 2. The van der Waals surface area contributed by atoms with E-state index >= 15 is 0 Å². The second-order valence-corrected chi connectivity index (χ2v) is 8.34. The summed E-state index contributed by atoms with van der Waals surface area (Å²) >= 11 is 0. The highest BCUT2D eigenvalue weighted by Crippen LogP contribution is 2.49. The molecule has 2 saturated heterocycles. The number of carbonyl (C=O) groups is 2. The molecule has 0 unspecified atom stereocenters. The third kappa shape index (κ3) is 2.90. The SMILES string of the molecule is CC[C@@H]1CN2CC[C@]3(Nc4cccc(C#N)c4C3=O)[C@@H]2C[C@@H]1/C(=C\OC)C(=O)OC. The van der Waals surface area contributed by atoms with Gasteiger partial charge < -0.3 is 14.8 Å². The predicted octanol–water partition coefficient (Wildman–Crippen LogP) is 2.73. The molecular formula is C23H27N3O4. The van der Waals surface area contributed by atoms with Gasteiger partial charge in [-0.1, -0.05) is 19.4 Å². The van der Waals surface area contributed by atoms with E-state index in [9.17, 15) is 14.9 Å². The Kier molecular flexibility index (Phi) is 5.29. The zero-order chi connectivity index (χ0) is 21.5. The molecule has 0 radical (unpaired) electrons. The monoisotopic (exact) mass is 409 g/mol. The van der Waals surface area contributed by atoms with Gasteiger partial charge in [0.2, 0.25) is 0 Å². The van der Waals surface area contributed by atoms with Crippen LogP contribution in [0.2, 0.25) is 0 Å². The van der Waals surface area contributed by atoms with Crippen LogP contribution in [-0.4, -0.2) is 55.5 Å². The molecule has 3 aliphatic rings. The number of methoxy groups -OCH3 is 2. The first-order chi connectivity index (χ1) is 14.5. The number of benzene rings is 1. The number of ketones is 1. The van der Waals surface area contributed by atoms with Crippen molar-refractivity contribution in [3.8, 4) is 6.07 Å². The second kappa shape index (κ2) is 7.77. The highest BCUT2D eigenvalue weighted by atomic mass is 16.5. The summed E-state index contributed by atoms with van der Waals surface area (Å²) in [7, 11) is 2.90. The van der Waals surface area contributed by atoms with E-state index in [-0.39, 0.29) is 29.6 Å². The Morgan fingerprint density at radius 1 is 1.43 bits per heavy atom. The van der Waals surface area contributed by atoms with Crippen LogP contribution in [0.5, 0.6) is 0 Å². The summed E-state index contributed by atoms with van der Waals surface area (Å²) < 4.78 is 10.2. The normalized spacial score (nSPS) is 30.4. The number of nitriles is 1. The van der Waals surface area contributed by atoms with E-state index in [1.807, 2.05) is 6.07 Å². The summed E-state index contributed by atoms with van der Waals surface area (Å²) in [5, 5.41) is 13.0. The molecule has 158 valence electrons. The number of nitrogens with zero attached hydrogens (tertiary/aromatic N) is 2. The minimum absolute atomic E-state index is 0.00816. The molecule has 4 rings (SSSR count). The molecule has 7 nitrogen and oxygen atoms in total. The number of nitrogens with one attached hydrogen (secondary N) is 1. The number of piperidine rings is 1. The van der Waals surface area contributed by atoms with Crippen molar-refractivity contribution in [1.29, 1.82) is 5.26 Å². The van der Waals surface area contributed by atoms with Crippen molar-refractivity contribution in [3.63, 3.8) is 0 Å². The van der Waals surface area contributed by atoms with Crippen LogP contribution in [0.4, 0.5) is 5.69 Å². The third-order valence-electron chi connectivity index (χ3n) is 7.08. The van der Waals surface area contributed by atoms with Crippen molar-refractivity contribution >= 4 is 17.4 Å². The van der Waals surface area contributed by atoms with Crippen LogP contribution >= 0.6 is 0 Å². The van der Waals surface area contributed by atoms with Crippen LogP contribution in [0.25, 0.3) is 0 Å². The van der Waals surface area contributed by atoms with Crippen LogP contribution in [-0.2, 0) is 14.3 Å². The minimum Gasteiger partial charge on any atom is -0.504 e. The molecule has 0 amide bonds. The van der Waals surface area contributed by atoms with E-state index in [1.165, 1.54) is 20.5 Å². The zero-order valence-corrected chi connectivity index (χ0v) is 17.6. The Morgan fingerprint density at radius 2 is 2.23 bits per heavy atom. The van der Waals surface area contributed by atoms with Crippen molar-refractivity contribution in [2.24, 2.45) is 11.8 Å². The average molecular weight is 409 g/mol. The lowest BCUT2D eigenvalue weighted by Gasteiger charge is -2.45. The van der Waals surface area contributed by atoms with E-state index in [4.69, 9.17) is 9.47 Å². The van der Waals surface area contributed by atoms with Crippen molar-refractivity contribution < 1.29 is 19.1 Å². The molecule has 3 heterocycles. The third-order valence-corrected chi connectivity index (χ3v) is 7.08. The first-order valence-electron chi connectivity index (χ1n) is 10.4. The number of Topliss-reactive ketones (excluding diaryl/α,β-unsaturated/α-hetero) is 1. The number of ether oxygens (including phenoxy) is 2. The van der Waals surface area contributed by atoms with Gasteiger partial charge in [-0.05, 0) is 36.8 Å². The van der Waals surface area contributed by atoms with Crippen molar-refractivity contribution in [2.45, 2.75) is 37.8 Å². The fraction of sp³-hybridized carbons (Fsp3) is 0.522. The molecule has 7 heteroatoms. The van der Waals surface area contributed by atoms with E-state index in [0.717, 1.165) is 25.2 Å². The summed E-state index contributed by atoms with van der Waals surface area (Å²) in [6.07, 6.45) is 3.74. The number of hydrogen-bond donors (Lipinski definition) is 1. The first kappa shape index (κ1) is 20.4. The van der Waals surface area contributed by atoms with E-state index in [0.29, 0.717) is 29.5 Å². The van der Waals surface area contributed by atoms with Gasteiger partial charge in [-0.15, -0.1) is 0 Å². The van der Waals surface area contributed by atoms with Gasteiger partial charge in [0.25, 0.3) is 0 Å². The van der Waals surface area contributed by atoms with Gasteiger partial charge >= 0.3 is 5.97 Å². The molecular weight excluding hydrogens is 382 g/mol. The maximum Gasteiger partial charge on any atom is 0.337 e. The quantitative estimate of drug-likeness (QED) is 0.464. The Morgan fingerprint density at radius 3 is 2.90 bits per heavy atom. The van der Waals surface area contributed by atoms with Gasteiger partial charge in [-0.3, -0.25) is 9.69 Å². The van der Waals surface area contributed by atoms with Gasteiger partial charge in [0.1, 0.15) is 5.54 Å². The van der Waals surface area contributed by atoms with Gasteiger partial charge in [0.05, 0.1) is 43.3 Å². The molecule has 0 aliphatic carbocycles. The average Bonchev–Trinajstić information content (AvgIpc) is 3.28.